The van der Waals surface area contributed by atoms with Crippen LogP contribution in [0.1, 0.15) is 77.3 Å². The van der Waals surface area contributed by atoms with Crippen molar-refractivity contribution in [2.24, 2.45) is 0 Å². The maximum Gasteiger partial charge on any atom is 0.323 e. The molecule has 2 N–H and O–H groups in total. The molecular formula is C37H46N6O3. The van der Waals surface area contributed by atoms with Gasteiger partial charge in [-0.15, -0.1) is 0 Å². The number of likely N-dealkylation sites (N-methyl/N-ethyl adjacent to an activating group) is 1. The number of carbonyl (C=O) groups is 1. The number of unbranched alkanes of at least 4 members (excludes halogenated alkanes) is 1. The summed E-state index contributed by atoms with van der Waals surface area (Å²) in [7, 11) is 0. The van der Waals surface area contributed by atoms with Crippen molar-refractivity contribution in [3.63, 3.8) is 0 Å². The molecule has 2 heterocycles. The predicted molar refractivity (Wildman–Crippen MR) is 187 cm³/mol. The summed E-state index contributed by atoms with van der Waals surface area (Å²) in [5.41, 5.74) is 4.33. The average Bonchev–Trinajstić information content (AvgIpc) is 3.04. The van der Waals surface area contributed by atoms with Gasteiger partial charge >= 0.3 is 6.03 Å². The lowest BCUT2D eigenvalue weighted by Gasteiger charge is -2.22. The van der Waals surface area contributed by atoms with E-state index in [1.54, 1.807) is 10.8 Å². The molecule has 0 saturated heterocycles. The van der Waals surface area contributed by atoms with Crippen molar-refractivity contribution in [1.29, 1.82) is 5.26 Å². The fraction of sp³-hybridized carbons (Fsp3) is 0.405. The van der Waals surface area contributed by atoms with Crippen molar-refractivity contribution >= 4 is 28.4 Å². The molecule has 2 aromatic heterocycles. The number of nitriles is 1. The molecule has 0 atom stereocenters. The number of urea groups is 1. The zero-order valence-electron chi connectivity index (χ0n) is 27.9. The van der Waals surface area contributed by atoms with Gasteiger partial charge in [-0.2, -0.15) is 5.26 Å². The third-order valence-corrected chi connectivity index (χ3v) is 8.23. The van der Waals surface area contributed by atoms with E-state index >= 15 is 0 Å². The fourth-order valence-electron chi connectivity index (χ4n) is 5.75. The molecule has 9 nitrogen and oxygen atoms in total. The number of ether oxygens (including phenoxy) is 1. The summed E-state index contributed by atoms with van der Waals surface area (Å²) in [6.07, 6.45) is 2.42. The minimum absolute atomic E-state index is 0.142. The van der Waals surface area contributed by atoms with Gasteiger partial charge in [0.2, 0.25) is 0 Å². The number of pyridine rings is 2. The Labute approximate surface area is 272 Å². The summed E-state index contributed by atoms with van der Waals surface area (Å²) in [6, 6.07) is 19.0. The summed E-state index contributed by atoms with van der Waals surface area (Å²) in [4.78, 5) is 35.0. The van der Waals surface area contributed by atoms with E-state index in [1.807, 2.05) is 54.6 Å². The monoisotopic (exact) mass is 622 g/mol. The average molecular weight is 623 g/mol. The van der Waals surface area contributed by atoms with Crippen molar-refractivity contribution in [1.82, 2.24) is 14.5 Å². The second kappa shape index (κ2) is 16.1. The molecular weight excluding hydrogens is 576 g/mol. The second-order valence-corrected chi connectivity index (χ2v) is 11.9. The second-order valence-electron chi connectivity index (χ2n) is 11.9. The highest BCUT2D eigenvalue weighted by Crippen LogP contribution is 2.36. The number of benzene rings is 2. The quantitative estimate of drug-likeness (QED) is 0.138. The van der Waals surface area contributed by atoms with Crippen molar-refractivity contribution in [3.05, 3.63) is 82.3 Å². The van der Waals surface area contributed by atoms with Crippen LogP contribution < -0.4 is 20.9 Å². The van der Waals surface area contributed by atoms with Crippen LogP contribution in [0.15, 0.2) is 65.6 Å². The first-order valence-corrected chi connectivity index (χ1v) is 16.2. The molecule has 0 bridgehead atoms. The number of nitrogens with zero attached hydrogens (tertiary/aromatic N) is 4. The Kier molecular flexibility index (Phi) is 11.9. The van der Waals surface area contributed by atoms with E-state index < -0.39 is 6.03 Å². The lowest BCUT2D eigenvalue weighted by molar-refractivity contribution is 0.223. The lowest BCUT2D eigenvalue weighted by atomic mass is 9.93. The Morgan fingerprint density at radius 3 is 2.30 bits per heavy atom. The van der Waals surface area contributed by atoms with Gasteiger partial charge in [0.05, 0.1) is 6.07 Å². The van der Waals surface area contributed by atoms with Crippen LogP contribution in [0.5, 0.6) is 5.75 Å². The minimum atomic E-state index is -0.508. The molecule has 46 heavy (non-hydrogen) atoms. The zero-order chi connectivity index (χ0) is 33.2. The maximum atomic E-state index is 14.3. The van der Waals surface area contributed by atoms with E-state index in [4.69, 9.17) is 10.00 Å². The van der Waals surface area contributed by atoms with E-state index in [1.165, 1.54) is 0 Å². The van der Waals surface area contributed by atoms with E-state index in [0.29, 0.717) is 48.3 Å². The van der Waals surface area contributed by atoms with Crippen molar-refractivity contribution in [3.8, 4) is 22.9 Å². The van der Waals surface area contributed by atoms with Crippen molar-refractivity contribution < 1.29 is 9.53 Å². The third kappa shape index (κ3) is 7.93. The van der Waals surface area contributed by atoms with Gasteiger partial charge in [-0.25, -0.2) is 9.78 Å². The highest BCUT2D eigenvalue weighted by molar-refractivity contribution is 6.07. The normalized spacial score (nSPS) is 11.3. The lowest BCUT2D eigenvalue weighted by Crippen LogP contribution is -2.30. The van der Waals surface area contributed by atoms with Gasteiger partial charge in [-0.1, -0.05) is 71.9 Å². The maximum absolute atomic E-state index is 14.3. The molecule has 0 radical (unpaired) electrons. The fourth-order valence-corrected chi connectivity index (χ4v) is 5.75. The van der Waals surface area contributed by atoms with E-state index in [2.05, 4.69) is 68.1 Å². The number of nitrogens with one attached hydrogen (secondary N) is 2. The first-order chi connectivity index (χ1) is 22.2. The zero-order valence-corrected chi connectivity index (χ0v) is 27.9. The molecule has 0 unspecified atom stereocenters. The molecule has 4 rings (SSSR count). The number of fused-ring (bicyclic) bond motifs is 1. The van der Waals surface area contributed by atoms with Gasteiger partial charge in [0, 0.05) is 42.3 Å². The molecule has 242 valence electrons. The standard InChI is InChI=1S/C37H46N6O3/c1-7-42(8-2)22-23-46-28-15-11-14-27(24-28)32-31-18-13-20-39-35(31)43(21-10-9-19-38)36(44)34(32)41-37(45)40-33-29(25(3)4)16-12-17-30(33)26(5)6/h11-18,20,24-26H,7-10,21-23H2,1-6H3,(H2,40,41,45). The highest BCUT2D eigenvalue weighted by Gasteiger charge is 2.23. The Morgan fingerprint density at radius 1 is 0.978 bits per heavy atom. The van der Waals surface area contributed by atoms with Crippen LogP contribution in [0.3, 0.4) is 0 Å². The predicted octanol–water partition coefficient (Wildman–Crippen LogP) is 7.98. The summed E-state index contributed by atoms with van der Waals surface area (Å²) in [6.45, 7) is 16.1. The molecule has 0 saturated carbocycles. The summed E-state index contributed by atoms with van der Waals surface area (Å²) in [5.74, 6) is 1.03. The topological polar surface area (TPSA) is 112 Å². The Hall–Kier alpha value is -4.68. The van der Waals surface area contributed by atoms with Crippen LogP contribution in [-0.2, 0) is 6.54 Å². The summed E-state index contributed by atoms with van der Waals surface area (Å²) < 4.78 is 7.69. The minimum Gasteiger partial charge on any atom is -0.492 e. The van der Waals surface area contributed by atoms with Crippen LogP contribution in [-0.4, -0.2) is 46.7 Å². The van der Waals surface area contributed by atoms with Gasteiger partial charge in [0.25, 0.3) is 5.56 Å². The molecule has 0 fully saturated rings. The molecule has 9 heteroatoms. The van der Waals surface area contributed by atoms with Crippen LogP contribution in [0, 0.1) is 11.3 Å². The van der Waals surface area contributed by atoms with E-state index in [9.17, 15) is 9.59 Å². The number of hydrogen-bond donors (Lipinski definition) is 2. The molecule has 2 aromatic carbocycles. The molecule has 0 spiro atoms. The highest BCUT2D eigenvalue weighted by atomic mass is 16.5. The smallest absolute Gasteiger partial charge is 0.323 e. The molecule has 0 aliphatic carbocycles. The third-order valence-electron chi connectivity index (χ3n) is 8.23. The SMILES string of the molecule is CCN(CC)CCOc1cccc(-c2c(NC(=O)Nc3c(C(C)C)cccc3C(C)C)c(=O)n(CCCC#N)c3ncccc23)c1. The first kappa shape index (κ1) is 34.2. The Morgan fingerprint density at radius 2 is 1.65 bits per heavy atom. The largest absolute Gasteiger partial charge is 0.492 e. The Balaban J connectivity index is 1.83. The van der Waals surface area contributed by atoms with E-state index in [0.717, 1.165) is 42.0 Å². The van der Waals surface area contributed by atoms with Crippen LogP contribution in [0.2, 0.25) is 0 Å². The van der Waals surface area contributed by atoms with Gasteiger partial charge < -0.3 is 20.3 Å². The van der Waals surface area contributed by atoms with E-state index in [-0.39, 0.29) is 23.1 Å². The number of rotatable bonds is 14. The Bertz CT molecular complexity index is 1720. The molecule has 4 aromatic rings. The number of para-hydroxylation sites is 1. The van der Waals surface area contributed by atoms with Gasteiger partial charge in [-0.05, 0) is 72.3 Å². The summed E-state index contributed by atoms with van der Waals surface area (Å²) in [5, 5.41) is 15.9. The number of aryl methyl sites for hydroxylation is 1. The first-order valence-electron chi connectivity index (χ1n) is 16.2. The van der Waals surface area contributed by atoms with Gasteiger partial charge in [0.1, 0.15) is 23.7 Å². The van der Waals surface area contributed by atoms with Gasteiger partial charge in [0.15, 0.2) is 0 Å². The molecule has 2 amide bonds. The number of aromatic nitrogens is 2. The van der Waals surface area contributed by atoms with Crippen LogP contribution in [0.25, 0.3) is 22.2 Å². The molecule has 0 aliphatic heterocycles. The number of amides is 2. The summed E-state index contributed by atoms with van der Waals surface area (Å²) >= 11 is 0. The number of carbonyl (C=O) groups excluding carboxylic acids is 1. The molecule has 0 aliphatic rings. The van der Waals surface area contributed by atoms with Crippen molar-refractivity contribution in [2.45, 2.75) is 72.8 Å². The number of anilines is 2. The van der Waals surface area contributed by atoms with Crippen molar-refractivity contribution in [2.75, 3.05) is 36.9 Å². The van der Waals surface area contributed by atoms with Crippen LogP contribution in [0.4, 0.5) is 16.2 Å². The van der Waals surface area contributed by atoms with Gasteiger partial charge in [-0.3, -0.25) is 9.36 Å². The number of hydrogen-bond acceptors (Lipinski definition) is 6. The van der Waals surface area contributed by atoms with Crippen LogP contribution >= 0.6 is 0 Å².